The van der Waals surface area contributed by atoms with Gasteiger partial charge in [0, 0.05) is 12.5 Å². The van der Waals surface area contributed by atoms with Crippen molar-refractivity contribution < 1.29 is 14.5 Å². The first-order chi connectivity index (χ1) is 12.0. The van der Waals surface area contributed by atoms with Crippen LogP contribution in [0.2, 0.25) is 0 Å². The third-order valence-corrected chi connectivity index (χ3v) is 3.77. The lowest BCUT2D eigenvalue weighted by Gasteiger charge is -2.08. The fraction of sp³-hybridized carbons (Fsp3) is 0.316. The van der Waals surface area contributed by atoms with Crippen LogP contribution >= 0.6 is 0 Å². The van der Waals surface area contributed by atoms with Crippen LogP contribution in [0.5, 0.6) is 5.75 Å². The molecule has 1 N–H and O–H groups in total. The van der Waals surface area contributed by atoms with Gasteiger partial charge >= 0.3 is 0 Å². The zero-order chi connectivity index (χ0) is 18.2. The van der Waals surface area contributed by atoms with Crippen molar-refractivity contribution in [2.45, 2.75) is 33.1 Å². The molecule has 0 bridgehead atoms. The van der Waals surface area contributed by atoms with Crippen LogP contribution in [0.3, 0.4) is 0 Å². The number of hydrogen-bond donors (Lipinski definition) is 1. The van der Waals surface area contributed by atoms with Crippen molar-refractivity contribution in [1.29, 1.82) is 0 Å². The number of rotatable bonds is 8. The van der Waals surface area contributed by atoms with Crippen LogP contribution in [0.1, 0.15) is 30.9 Å². The van der Waals surface area contributed by atoms with E-state index in [1.165, 1.54) is 11.6 Å². The SMILES string of the molecule is CCc1ccc(OCCCC(=O)Nc2ccc(C)cc2[N+](=O)[O-])cc1. The van der Waals surface area contributed by atoms with Gasteiger partial charge in [-0.15, -0.1) is 0 Å². The molecule has 6 heteroatoms. The first-order valence-corrected chi connectivity index (χ1v) is 8.26. The van der Waals surface area contributed by atoms with Crippen molar-refractivity contribution in [3.8, 4) is 5.75 Å². The summed E-state index contributed by atoms with van der Waals surface area (Å²) in [5.41, 5.74) is 2.14. The Hall–Kier alpha value is -2.89. The van der Waals surface area contributed by atoms with Crippen LogP contribution in [-0.4, -0.2) is 17.4 Å². The van der Waals surface area contributed by atoms with Gasteiger partial charge in [-0.3, -0.25) is 14.9 Å². The summed E-state index contributed by atoms with van der Waals surface area (Å²) in [6.07, 6.45) is 1.74. The number of benzene rings is 2. The second-order valence-corrected chi connectivity index (χ2v) is 5.78. The van der Waals surface area contributed by atoms with Crippen molar-refractivity contribution in [2.75, 3.05) is 11.9 Å². The molecule has 0 aromatic heterocycles. The maximum Gasteiger partial charge on any atom is 0.293 e. The summed E-state index contributed by atoms with van der Waals surface area (Å²) in [5.74, 6) is 0.503. The summed E-state index contributed by atoms with van der Waals surface area (Å²) in [7, 11) is 0. The molecule has 0 heterocycles. The number of carbonyl (C=O) groups excluding carboxylic acids is 1. The Kier molecular flexibility index (Phi) is 6.51. The normalized spacial score (nSPS) is 10.3. The molecule has 132 valence electrons. The van der Waals surface area contributed by atoms with E-state index in [-0.39, 0.29) is 23.7 Å². The maximum absolute atomic E-state index is 12.0. The maximum atomic E-state index is 12.0. The van der Waals surface area contributed by atoms with E-state index >= 15 is 0 Å². The van der Waals surface area contributed by atoms with Gasteiger partial charge in [0.15, 0.2) is 0 Å². The minimum absolute atomic E-state index is 0.0967. The number of anilines is 1. The molecule has 0 saturated carbocycles. The molecule has 0 aliphatic carbocycles. The van der Waals surface area contributed by atoms with E-state index in [2.05, 4.69) is 12.2 Å². The average Bonchev–Trinajstić information content (AvgIpc) is 2.60. The van der Waals surface area contributed by atoms with Gasteiger partial charge in [0.1, 0.15) is 11.4 Å². The molecule has 2 aromatic carbocycles. The van der Waals surface area contributed by atoms with E-state index in [9.17, 15) is 14.9 Å². The van der Waals surface area contributed by atoms with Crippen LogP contribution < -0.4 is 10.1 Å². The summed E-state index contributed by atoms with van der Waals surface area (Å²) in [4.78, 5) is 22.5. The number of carbonyl (C=O) groups is 1. The largest absolute Gasteiger partial charge is 0.494 e. The van der Waals surface area contributed by atoms with Crippen LogP contribution in [-0.2, 0) is 11.2 Å². The molecule has 0 saturated heterocycles. The van der Waals surface area contributed by atoms with Gasteiger partial charge in [-0.25, -0.2) is 0 Å². The van der Waals surface area contributed by atoms with E-state index < -0.39 is 4.92 Å². The molecule has 0 aliphatic heterocycles. The lowest BCUT2D eigenvalue weighted by Crippen LogP contribution is -2.14. The Bertz CT molecular complexity index is 742. The Balaban J connectivity index is 1.80. The first-order valence-electron chi connectivity index (χ1n) is 8.26. The second kappa shape index (κ2) is 8.82. The number of hydrogen-bond acceptors (Lipinski definition) is 4. The Morgan fingerprint density at radius 2 is 1.92 bits per heavy atom. The summed E-state index contributed by atoms with van der Waals surface area (Å²) in [6.45, 7) is 4.27. The predicted octanol–water partition coefficient (Wildman–Crippen LogP) is 4.26. The van der Waals surface area contributed by atoms with Crippen molar-refractivity contribution in [1.82, 2.24) is 0 Å². The highest BCUT2D eigenvalue weighted by Crippen LogP contribution is 2.25. The quantitative estimate of drug-likeness (QED) is 0.441. The number of aryl methyl sites for hydroxylation is 2. The summed E-state index contributed by atoms with van der Waals surface area (Å²) < 4.78 is 5.60. The zero-order valence-electron chi connectivity index (χ0n) is 14.5. The molecule has 0 atom stereocenters. The second-order valence-electron chi connectivity index (χ2n) is 5.78. The third-order valence-electron chi connectivity index (χ3n) is 3.77. The number of amides is 1. The average molecular weight is 342 g/mol. The lowest BCUT2D eigenvalue weighted by molar-refractivity contribution is -0.384. The van der Waals surface area contributed by atoms with Crippen molar-refractivity contribution in [2.24, 2.45) is 0 Å². The Morgan fingerprint density at radius 1 is 1.20 bits per heavy atom. The molecule has 0 aliphatic rings. The predicted molar refractivity (Wildman–Crippen MR) is 97.0 cm³/mol. The van der Waals surface area contributed by atoms with Crippen molar-refractivity contribution in [3.05, 3.63) is 63.7 Å². The van der Waals surface area contributed by atoms with Gasteiger partial charge in [0.25, 0.3) is 5.69 Å². The topological polar surface area (TPSA) is 81.5 Å². The van der Waals surface area contributed by atoms with E-state index in [0.29, 0.717) is 13.0 Å². The minimum Gasteiger partial charge on any atom is -0.494 e. The van der Waals surface area contributed by atoms with Gasteiger partial charge < -0.3 is 10.1 Å². The lowest BCUT2D eigenvalue weighted by atomic mass is 10.2. The highest BCUT2D eigenvalue weighted by molar-refractivity contribution is 5.93. The molecular formula is C19H22N2O4. The molecule has 0 unspecified atom stereocenters. The fourth-order valence-corrected chi connectivity index (χ4v) is 2.36. The molecule has 1 amide bonds. The van der Waals surface area contributed by atoms with E-state index in [4.69, 9.17) is 4.74 Å². The van der Waals surface area contributed by atoms with Crippen molar-refractivity contribution in [3.63, 3.8) is 0 Å². The van der Waals surface area contributed by atoms with Gasteiger partial charge in [-0.05, 0) is 49.1 Å². The molecule has 2 aromatic rings. The summed E-state index contributed by atoms with van der Waals surface area (Å²) >= 11 is 0. The van der Waals surface area contributed by atoms with Gasteiger partial charge in [-0.2, -0.15) is 0 Å². The molecule has 6 nitrogen and oxygen atoms in total. The summed E-state index contributed by atoms with van der Waals surface area (Å²) in [5, 5.41) is 13.6. The first kappa shape index (κ1) is 18.4. The highest BCUT2D eigenvalue weighted by Gasteiger charge is 2.15. The fourth-order valence-electron chi connectivity index (χ4n) is 2.36. The molecule has 0 spiro atoms. The van der Waals surface area contributed by atoms with Crippen LogP contribution in [0.25, 0.3) is 0 Å². The number of ether oxygens (including phenoxy) is 1. The molecule has 25 heavy (non-hydrogen) atoms. The molecule has 0 fully saturated rings. The number of nitro benzene ring substituents is 1. The smallest absolute Gasteiger partial charge is 0.293 e. The van der Waals surface area contributed by atoms with Gasteiger partial charge in [-0.1, -0.05) is 25.1 Å². The van der Waals surface area contributed by atoms with Crippen LogP contribution in [0.15, 0.2) is 42.5 Å². The van der Waals surface area contributed by atoms with Crippen molar-refractivity contribution >= 4 is 17.3 Å². The van der Waals surface area contributed by atoms with E-state index in [0.717, 1.165) is 17.7 Å². The Morgan fingerprint density at radius 3 is 2.56 bits per heavy atom. The molecule has 2 rings (SSSR count). The van der Waals surface area contributed by atoms with E-state index in [1.807, 2.05) is 24.3 Å². The summed E-state index contributed by atoms with van der Waals surface area (Å²) in [6, 6.07) is 12.6. The van der Waals surface area contributed by atoms with Gasteiger partial charge in [0.2, 0.25) is 5.91 Å². The monoisotopic (exact) mass is 342 g/mol. The van der Waals surface area contributed by atoms with Crippen LogP contribution in [0, 0.1) is 17.0 Å². The van der Waals surface area contributed by atoms with Crippen LogP contribution in [0.4, 0.5) is 11.4 Å². The highest BCUT2D eigenvalue weighted by atomic mass is 16.6. The number of nitrogens with zero attached hydrogens (tertiary/aromatic N) is 1. The van der Waals surface area contributed by atoms with Gasteiger partial charge in [0.05, 0.1) is 11.5 Å². The number of nitro groups is 1. The molecular weight excluding hydrogens is 320 g/mol. The minimum atomic E-state index is -0.494. The third kappa shape index (κ3) is 5.60. The molecule has 0 radical (unpaired) electrons. The standard InChI is InChI=1S/C19H22N2O4/c1-3-15-7-9-16(10-8-15)25-12-4-5-19(22)20-17-11-6-14(2)13-18(17)21(23)24/h6-11,13H,3-5,12H2,1-2H3,(H,20,22). The number of nitrogens with one attached hydrogen (secondary N) is 1. The zero-order valence-corrected chi connectivity index (χ0v) is 14.5. The Labute approximate surface area is 147 Å². The van der Waals surface area contributed by atoms with E-state index in [1.54, 1.807) is 19.1 Å².